The highest BCUT2D eigenvalue weighted by molar-refractivity contribution is 5.18. The van der Waals surface area contributed by atoms with Crippen LogP contribution in [0.4, 0.5) is 0 Å². The first-order chi connectivity index (χ1) is 8.77. The Morgan fingerprint density at radius 1 is 1.22 bits per heavy atom. The average molecular weight is 246 g/mol. The van der Waals surface area contributed by atoms with Crippen LogP contribution in [0.25, 0.3) is 0 Å². The summed E-state index contributed by atoms with van der Waals surface area (Å²) in [6.07, 6.45) is 7.89. The first-order valence-electron chi connectivity index (χ1n) is 7.28. The maximum absolute atomic E-state index is 6.22. The fraction of sp³-hybridized carbons (Fsp3) is 0.625. The highest BCUT2D eigenvalue weighted by atomic mass is 15.1. The molecule has 0 saturated heterocycles. The minimum Gasteiger partial charge on any atom is -0.324 e. The van der Waals surface area contributed by atoms with Gasteiger partial charge in [0.1, 0.15) is 0 Å². The van der Waals surface area contributed by atoms with E-state index in [2.05, 4.69) is 36.2 Å². The van der Waals surface area contributed by atoms with Crippen LogP contribution in [0.1, 0.15) is 50.1 Å². The molecule has 0 aliphatic heterocycles. The number of hydrogen-bond donors (Lipinski definition) is 1. The summed E-state index contributed by atoms with van der Waals surface area (Å²) in [7, 11) is 2.27. The lowest BCUT2D eigenvalue weighted by molar-refractivity contribution is 0.239. The number of rotatable bonds is 6. The second kappa shape index (κ2) is 6.91. The molecule has 2 N–H and O–H groups in total. The molecule has 0 bridgehead atoms. The predicted molar refractivity (Wildman–Crippen MR) is 77.5 cm³/mol. The van der Waals surface area contributed by atoms with Crippen LogP contribution in [0, 0.1) is 0 Å². The number of benzene rings is 1. The summed E-state index contributed by atoms with van der Waals surface area (Å²) < 4.78 is 0. The van der Waals surface area contributed by atoms with E-state index < -0.39 is 0 Å². The molecular formula is C16H26N2. The van der Waals surface area contributed by atoms with Crippen LogP contribution in [0.5, 0.6) is 0 Å². The number of nitrogens with zero attached hydrogens (tertiary/aromatic N) is 1. The summed E-state index contributed by atoms with van der Waals surface area (Å²) in [6, 6.07) is 11.5. The molecule has 100 valence electrons. The maximum atomic E-state index is 6.22. The molecule has 2 nitrogen and oxygen atoms in total. The lowest BCUT2D eigenvalue weighted by atomic mass is 10.0. The molecule has 2 rings (SSSR count). The van der Waals surface area contributed by atoms with Gasteiger partial charge in [0.05, 0.1) is 0 Å². The van der Waals surface area contributed by atoms with Crippen LogP contribution in [0.15, 0.2) is 30.3 Å². The van der Waals surface area contributed by atoms with E-state index >= 15 is 0 Å². The van der Waals surface area contributed by atoms with E-state index in [1.54, 1.807) is 0 Å². The van der Waals surface area contributed by atoms with Gasteiger partial charge >= 0.3 is 0 Å². The van der Waals surface area contributed by atoms with Crippen molar-refractivity contribution in [2.24, 2.45) is 5.73 Å². The number of nitrogens with two attached hydrogens (primary N) is 1. The van der Waals surface area contributed by atoms with E-state index in [-0.39, 0.29) is 6.04 Å². The van der Waals surface area contributed by atoms with Gasteiger partial charge in [-0.25, -0.2) is 0 Å². The third kappa shape index (κ3) is 3.82. The van der Waals surface area contributed by atoms with Gasteiger partial charge in [-0.3, -0.25) is 0 Å². The lowest BCUT2D eigenvalue weighted by Gasteiger charge is -2.24. The molecule has 1 aromatic carbocycles. The molecule has 2 heteroatoms. The smallest absolute Gasteiger partial charge is 0.0295 e. The standard InChI is InChI=1S/C16H26N2/c1-18(15-10-5-6-11-15)13-7-12-16(17)14-8-3-2-4-9-14/h2-4,8-9,15-16H,5-7,10-13,17H2,1H3. The fourth-order valence-electron chi connectivity index (χ4n) is 2.96. The van der Waals surface area contributed by atoms with Gasteiger partial charge in [-0.05, 0) is 44.8 Å². The Morgan fingerprint density at radius 2 is 1.89 bits per heavy atom. The van der Waals surface area contributed by atoms with Crippen molar-refractivity contribution >= 4 is 0 Å². The zero-order valence-corrected chi connectivity index (χ0v) is 11.5. The normalized spacial score (nSPS) is 18.4. The topological polar surface area (TPSA) is 29.3 Å². The van der Waals surface area contributed by atoms with E-state index in [1.165, 1.54) is 44.2 Å². The van der Waals surface area contributed by atoms with Crippen molar-refractivity contribution in [3.8, 4) is 0 Å². The van der Waals surface area contributed by atoms with Crippen LogP contribution in [0.2, 0.25) is 0 Å². The van der Waals surface area contributed by atoms with Crippen molar-refractivity contribution < 1.29 is 0 Å². The highest BCUT2D eigenvalue weighted by Crippen LogP contribution is 2.23. The van der Waals surface area contributed by atoms with E-state index in [0.29, 0.717) is 0 Å². The van der Waals surface area contributed by atoms with Gasteiger partial charge in [-0.15, -0.1) is 0 Å². The van der Waals surface area contributed by atoms with Gasteiger partial charge < -0.3 is 10.6 Å². The lowest BCUT2D eigenvalue weighted by Crippen LogP contribution is -2.30. The maximum Gasteiger partial charge on any atom is 0.0295 e. The third-order valence-electron chi connectivity index (χ3n) is 4.20. The van der Waals surface area contributed by atoms with Crippen LogP contribution >= 0.6 is 0 Å². The molecular weight excluding hydrogens is 220 g/mol. The van der Waals surface area contributed by atoms with Gasteiger partial charge in [0.15, 0.2) is 0 Å². The van der Waals surface area contributed by atoms with Crippen molar-refractivity contribution in [1.29, 1.82) is 0 Å². The summed E-state index contributed by atoms with van der Waals surface area (Å²) in [5, 5.41) is 0. The van der Waals surface area contributed by atoms with E-state index in [9.17, 15) is 0 Å². The quantitative estimate of drug-likeness (QED) is 0.834. The summed E-state index contributed by atoms with van der Waals surface area (Å²) in [5.74, 6) is 0. The SMILES string of the molecule is CN(CCCC(N)c1ccccc1)C1CCCC1. The first-order valence-corrected chi connectivity index (χ1v) is 7.28. The van der Waals surface area contributed by atoms with Gasteiger partial charge in [0, 0.05) is 12.1 Å². The molecule has 18 heavy (non-hydrogen) atoms. The van der Waals surface area contributed by atoms with Gasteiger partial charge in [0.25, 0.3) is 0 Å². The zero-order chi connectivity index (χ0) is 12.8. The Balaban J connectivity index is 1.68. The summed E-state index contributed by atoms with van der Waals surface area (Å²) in [4.78, 5) is 2.53. The molecule has 1 fully saturated rings. The first kappa shape index (κ1) is 13.6. The van der Waals surface area contributed by atoms with Crippen LogP contribution in [-0.4, -0.2) is 24.5 Å². The molecule has 1 aromatic rings. The minimum atomic E-state index is 0.197. The van der Waals surface area contributed by atoms with Gasteiger partial charge in [-0.2, -0.15) is 0 Å². The Morgan fingerprint density at radius 3 is 2.56 bits per heavy atom. The summed E-state index contributed by atoms with van der Waals surface area (Å²) in [5.41, 5.74) is 7.48. The van der Waals surface area contributed by atoms with Crippen LogP contribution < -0.4 is 5.73 Å². The molecule has 1 saturated carbocycles. The summed E-state index contributed by atoms with van der Waals surface area (Å²) in [6.45, 7) is 1.19. The summed E-state index contributed by atoms with van der Waals surface area (Å²) >= 11 is 0. The Labute approximate surface area is 111 Å². The molecule has 1 unspecified atom stereocenters. The largest absolute Gasteiger partial charge is 0.324 e. The Bertz CT molecular complexity index is 330. The highest BCUT2D eigenvalue weighted by Gasteiger charge is 2.19. The zero-order valence-electron chi connectivity index (χ0n) is 11.5. The fourth-order valence-corrected chi connectivity index (χ4v) is 2.96. The van der Waals surface area contributed by atoms with Crippen molar-refractivity contribution in [1.82, 2.24) is 4.90 Å². The molecule has 0 heterocycles. The molecule has 1 atom stereocenters. The average Bonchev–Trinajstić information content (AvgIpc) is 2.93. The Hall–Kier alpha value is -0.860. The third-order valence-corrected chi connectivity index (χ3v) is 4.20. The molecule has 1 aliphatic rings. The van der Waals surface area contributed by atoms with Crippen molar-refractivity contribution in [3.05, 3.63) is 35.9 Å². The van der Waals surface area contributed by atoms with E-state index in [0.717, 1.165) is 12.5 Å². The van der Waals surface area contributed by atoms with E-state index in [1.807, 2.05) is 6.07 Å². The molecule has 0 aromatic heterocycles. The molecule has 0 amide bonds. The number of hydrogen-bond acceptors (Lipinski definition) is 2. The second-order valence-electron chi connectivity index (χ2n) is 5.58. The van der Waals surface area contributed by atoms with E-state index in [4.69, 9.17) is 5.73 Å². The van der Waals surface area contributed by atoms with Crippen molar-refractivity contribution in [3.63, 3.8) is 0 Å². The van der Waals surface area contributed by atoms with Gasteiger partial charge in [-0.1, -0.05) is 43.2 Å². The van der Waals surface area contributed by atoms with Crippen LogP contribution in [-0.2, 0) is 0 Å². The Kier molecular flexibility index (Phi) is 5.21. The van der Waals surface area contributed by atoms with Crippen molar-refractivity contribution in [2.75, 3.05) is 13.6 Å². The van der Waals surface area contributed by atoms with Crippen LogP contribution in [0.3, 0.4) is 0 Å². The molecule has 1 aliphatic carbocycles. The minimum absolute atomic E-state index is 0.197. The van der Waals surface area contributed by atoms with Crippen molar-refractivity contribution in [2.45, 2.75) is 50.6 Å². The monoisotopic (exact) mass is 246 g/mol. The molecule has 0 spiro atoms. The second-order valence-corrected chi connectivity index (χ2v) is 5.58. The van der Waals surface area contributed by atoms with Gasteiger partial charge in [0.2, 0.25) is 0 Å². The predicted octanol–water partition coefficient (Wildman–Crippen LogP) is 3.34. The molecule has 0 radical (unpaired) electrons.